The molecule has 0 aliphatic heterocycles. The van der Waals surface area contributed by atoms with Crippen molar-refractivity contribution in [3.8, 4) is 0 Å². The number of nitrogens with one attached hydrogen (secondary N) is 1. The predicted molar refractivity (Wildman–Crippen MR) is 91.3 cm³/mol. The maximum absolute atomic E-state index is 12.8. The van der Waals surface area contributed by atoms with Crippen LogP contribution < -0.4 is 16.0 Å². The van der Waals surface area contributed by atoms with Crippen molar-refractivity contribution < 1.29 is 9.72 Å². The highest BCUT2D eigenvalue weighted by Crippen LogP contribution is 2.41. The fourth-order valence-corrected chi connectivity index (χ4v) is 2.46. The highest BCUT2D eigenvalue weighted by molar-refractivity contribution is 6.15. The lowest BCUT2D eigenvalue weighted by Crippen LogP contribution is -2.18. The molecule has 0 radical (unpaired) electrons. The van der Waals surface area contributed by atoms with Crippen LogP contribution in [0.25, 0.3) is 0 Å². The Kier molecular flexibility index (Phi) is 4.49. The van der Waals surface area contributed by atoms with Crippen molar-refractivity contribution in [2.24, 2.45) is 0 Å². The van der Waals surface area contributed by atoms with Crippen LogP contribution in [0.15, 0.2) is 36.4 Å². The van der Waals surface area contributed by atoms with Gasteiger partial charge in [-0.05, 0) is 0 Å². The smallest absolute Gasteiger partial charge is 0.295 e. The average Bonchev–Trinajstić information content (AvgIpc) is 2.53. The topological polar surface area (TPSA) is 101 Å². The number of carbonyl (C=O) groups is 1. The van der Waals surface area contributed by atoms with Crippen molar-refractivity contribution >= 4 is 28.5 Å². The maximum Gasteiger partial charge on any atom is 0.295 e. The van der Waals surface area contributed by atoms with Gasteiger partial charge in [0.15, 0.2) is 5.78 Å². The van der Waals surface area contributed by atoms with E-state index in [1.165, 1.54) is 6.07 Å². The second kappa shape index (κ2) is 6.35. The molecule has 0 aromatic heterocycles. The summed E-state index contributed by atoms with van der Waals surface area (Å²) in [5.41, 5.74) is 7.18. The van der Waals surface area contributed by atoms with E-state index in [1.54, 1.807) is 56.4 Å². The minimum atomic E-state index is -0.586. The van der Waals surface area contributed by atoms with E-state index in [-0.39, 0.29) is 22.7 Å². The number of nitrogen functional groups attached to an aromatic ring is 1. The van der Waals surface area contributed by atoms with Crippen LogP contribution in [0.5, 0.6) is 0 Å². The average molecular weight is 314 g/mol. The third-order valence-electron chi connectivity index (χ3n) is 3.49. The van der Waals surface area contributed by atoms with Crippen LogP contribution in [0.2, 0.25) is 0 Å². The van der Waals surface area contributed by atoms with Crippen LogP contribution in [-0.2, 0) is 0 Å². The van der Waals surface area contributed by atoms with Crippen LogP contribution in [0.1, 0.15) is 15.9 Å². The molecular weight excluding hydrogens is 296 g/mol. The number of ketones is 1. The normalized spacial score (nSPS) is 10.2. The van der Waals surface area contributed by atoms with E-state index >= 15 is 0 Å². The first-order chi connectivity index (χ1) is 10.9. The van der Waals surface area contributed by atoms with E-state index in [1.807, 2.05) is 0 Å². The quantitative estimate of drug-likeness (QED) is 0.380. The van der Waals surface area contributed by atoms with Crippen LogP contribution in [-0.4, -0.2) is 31.8 Å². The van der Waals surface area contributed by atoms with Gasteiger partial charge in [0.05, 0.1) is 21.9 Å². The summed E-state index contributed by atoms with van der Waals surface area (Å²) in [6, 6.07) is 9.86. The molecule has 0 saturated heterocycles. The number of anilines is 3. The Morgan fingerprint density at radius 1 is 1.26 bits per heavy atom. The Morgan fingerprint density at radius 2 is 1.87 bits per heavy atom. The van der Waals surface area contributed by atoms with Gasteiger partial charge in [-0.2, -0.15) is 0 Å². The van der Waals surface area contributed by atoms with Crippen molar-refractivity contribution in [1.82, 2.24) is 0 Å². The van der Waals surface area contributed by atoms with Gasteiger partial charge < -0.3 is 16.0 Å². The minimum Gasteiger partial charge on any atom is -0.391 e. The Labute approximate surface area is 133 Å². The molecule has 0 aliphatic carbocycles. The molecule has 120 valence electrons. The number of nitrogens with zero attached hydrogens (tertiary/aromatic N) is 2. The van der Waals surface area contributed by atoms with Gasteiger partial charge in [-0.25, -0.2) is 0 Å². The maximum atomic E-state index is 12.8. The van der Waals surface area contributed by atoms with Crippen LogP contribution in [0.3, 0.4) is 0 Å². The van der Waals surface area contributed by atoms with Crippen molar-refractivity contribution in [1.29, 1.82) is 0 Å². The Balaban J connectivity index is 2.77. The number of nitro groups is 1. The number of nitro benzene ring substituents is 1. The minimum absolute atomic E-state index is 0.00538. The fourth-order valence-electron chi connectivity index (χ4n) is 2.46. The number of carbonyl (C=O) groups excluding carboxylic acids is 1. The lowest BCUT2D eigenvalue weighted by Gasteiger charge is -2.22. The van der Waals surface area contributed by atoms with Crippen LogP contribution >= 0.6 is 0 Å². The molecule has 0 fully saturated rings. The summed E-state index contributed by atoms with van der Waals surface area (Å²) in [5, 5.41) is 14.1. The second-order valence-corrected chi connectivity index (χ2v) is 5.18. The van der Waals surface area contributed by atoms with Crippen LogP contribution in [0.4, 0.5) is 22.7 Å². The molecule has 2 aromatic carbocycles. The molecule has 7 nitrogen and oxygen atoms in total. The highest BCUT2D eigenvalue weighted by atomic mass is 16.6. The third kappa shape index (κ3) is 2.94. The van der Waals surface area contributed by atoms with Gasteiger partial charge in [0.2, 0.25) is 0 Å². The fraction of sp³-hybridized carbons (Fsp3) is 0.188. The van der Waals surface area contributed by atoms with Crippen molar-refractivity contribution in [2.75, 3.05) is 37.1 Å². The van der Waals surface area contributed by atoms with E-state index < -0.39 is 4.92 Å². The van der Waals surface area contributed by atoms with Crippen molar-refractivity contribution in [3.63, 3.8) is 0 Å². The molecule has 2 rings (SSSR count). The zero-order valence-corrected chi connectivity index (χ0v) is 13.2. The first kappa shape index (κ1) is 16.3. The summed E-state index contributed by atoms with van der Waals surface area (Å²) in [5.74, 6) is -0.297. The van der Waals surface area contributed by atoms with E-state index in [0.29, 0.717) is 16.9 Å². The molecule has 3 N–H and O–H groups in total. The SMILES string of the molecule is CNc1c(N)c([N+](=O)[O-])cc(C(=O)c2ccccc2)c1N(C)C. The molecule has 7 heteroatoms. The molecule has 0 saturated carbocycles. The van der Waals surface area contributed by atoms with Crippen molar-refractivity contribution in [3.05, 3.63) is 57.6 Å². The molecule has 0 amide bonds. The summed E-state index contributed by atoms with van der Waals surface area (Å²) in [6.45, 7) is 0. The molecule has 0 atom stereocenters. The number of nitrogens with two attached hydrogens (primary N) is 1. The second-order valence-electron chi connectivity index (χ2n) is 5.18. The van der Waals surface area contributed by atoms with E-state index in [0.717, 1.165) is 0 Å². The van der Waals surface area contributed by atoms with Gasteiger partial charge in [-0.15, -0.1) is 0 Å². The standard InChI is InChI=1S/C16H18N4O3/c1-18-14-13(17)12(20(22)23)9-11(15(14)19(2)3)16(21)10-7-5-4-6-8-10/h4-9,18H,17H2,1-3H3. The molecule has 2 aromatic rings. The number of rotatable bonds is 5. The lowest BCUT2D eigenvalue weighted by molar-refractivity contribution is -0.383. The van der Waals surface area contributed by atoms with E-state index in [4.69, 9.17) is 5.73 Å². The molecule has 0 bridgehead atoms. The molecular formula is C16H18N4O3. The summed E-state index contributed by atoms with van der Waals surface area (Å²) in [6.07, 6.45) is 0. The molecule has 0 spiro atoms. The summed E-state index contributed by atoms with van der Waals surface area (Å²) < 4.78 is 0. The van der Waals surface area contributed by atoms with Crippen molar-refractivity contribution in [2.45, 2.75) is 0 Å². The lowest BCUT2D eigenvalue weighted by atomic mass is 9.98. The Bertz CT molecular complexity index is 758. The van der Waals surface area contributed by atoms with Gasteiger partial charge in [0, 0.05) is 32.8 Å². The van der Waals surface area contributed by atoms with Gasteiger partial charge in [0.25, 0.3) is 5.69 Å². The van der Waals surface area contributed by atoms with Crippen LogP contribution in [0, 0.1) is 10.1 Å². The molecule has 23 heavy (non-hydrogen) atoms. The van der Waals surface area contributed by atoms with Gasteiger partial charge in [-0.3, -0.25) is 14.9 Å². The number of benzene rings is 2. The van der Waals surface area contributed by atoms with E-state index in [9.17, 15) is 14.9 Å². The predicted octanol–water partition coefficient (Wildman–Crippen LogP) is 2.52. The van der Waals surface area contributed by atoms with E-state index in [2.05, 4.69) is 5.32 Å². The third-order valence-corrected chi connectivity index (χ3v) is 3.49. The van der Waals surface area contributed by atoms with Gasteiger partial charge in [0.1, 0.15) is 5.69 Å². The highest BCUT2D eigenvalue weighted by Gasteiger charge is 2.27. The summed E-state index contributed by atoms with van der Waals surface area (Å²) >= 11 is 0. The summed E-state index contributed by atoms with van der Waals surface area (Å²) in [7, 11) is 5.12. The Morgan fingerprint density at radius 3 is 2.35 bits per heavy atom. The molecule has 0 unspecified atom stereocenters. The first-order valence-electron chi connectivity index (χ1n) is 6.94. The molecule has 0 aliphatic rings. The number of hydrogen-bond acceptors (Lipinski definition) is 6. The first-order valence-corrected chi connectivity index (χ1v) is 6.94. The monoisotopic (exact) mass is 314 g/mol. The van der Waals surface area contributed by atoms with Gasteiger partial charge >= 0.3 is 0 Å². The molecule has 0 heterocycles. The largest absolute Gasteiger partial charge is 0.391 e. The Hall–Kier alpha value is -3.09. The zero-order chi connectivity index (χ0) is 17.1. The van der Waals surface area contributed by atoms with Gasteiger partial charge in [-0.1, -0.05) is 30.3 Å². The summed E-state index contributed by atoms with van der Waals surface area (Å²) in [4.78, 5) is 25.2. The number of hydrogen-bond donors (Lipinski definition) is 2. The zero-order valence-electron chi connectivity index (χ0n) is 13.2.